The molecule has 1 unspecified atom stereocenters. The maximum atomic E-state index is 5.14. The third-order valence-corrected chi connectivity index (χ3v) is 2.68. The normalized spacial score (nSPS) is 12.9. The van der Waals surface area contributed by atoms with Crippen molar-refractivity contribution in [3.8, 4) is 5.88 Å². The van der Waals surface area contributed by atoms with Crippen LogP contribution in [-0.2, 0) is 6.42 Å². The summed E-state index contributed by atoms with van der Waals surface area (Å²) in [6.45, 7) is 6.29. The summed E-state index contributed by atoms with van der Waals surface area (Å²) in [6, 6.07) is 2.33. The van der Waals surface area contributed by atoms with Gasteiger partial charge in [0.15, 0.2) is 0 Å². The quantitative estimate of drug-likeness (QED) is 0.823. The fraction of sp³-hybridized carbons (Fsp3) is 0.667. The minimum absolute atomic E-state index is 0.430. The fourth-order valence-corrected chi connectivity index (χ4v) is 1.70. The predicted molar refractivity (Wildman–Crippen MR) is 64.7 cm³/mol. The Kier molecular flexibility index (Phi) is 4.68. The third kappa shape index (κ3) is 3.45. The number of hydrogen-bond donors (Lipinski definition) is 1. The second-order valence-electron chi connectivity index (χ2n) is 4.29. The largest absolute Gasteiger partial charge is 0.481 e. The van der Waals surface area contributed by atoms with Crippen molar-refractivity contribution in [1.82, 2.24) is 15.3 Å². The summed E-state index contributed by atoms with van der Waals surface area (Å²) in [4.78, 5) is 8.60. The highest BCUT2D eigenvalue weighted by Crippen LogP contribution is 2.13. The number of nitrogens with zero attached hydrogens (tertiary/aromatic N) is 2. The zero-order valence-electron chi connectivity index (χ0n) is 10.7. The summed E-state index contributed by atoms with van der Waals surface area (Å²) in [5.41, 5.74) is 1.03. The molecule has 0 aromatic carbocycles. The SMILES string of the molecule is CNC(Cc1cc(OC)nc(C)n1)C(C)C. The molecule has 0 radical (unpaired) electrons. The predicted octanol–water partition coefficient (Wildman–Crippen LogP) is 1.58. The average molecular weight is 223 g/mol. The Morgan fingerprint density at radius 2 is 2.06 bits per heavy atom. The topological polar surface area (TPSA) is 47.0 Å². The van der Waals surface area contributed by atoms with Gasteiger partial charge in [0.2, 0.25) is 5.88 Å². The molecule has 0 aliphatic rings. The van der Waals surface area contributed by atoms with Gasteiger partial charge in [0, 0.05) is 24.2 Å². The average Bonchev–Trinajstić information content (AvgIpc) is 2.24. The van der Waals surface area contributed by atoms with Gasteiger partial charge in [-0.05, 0) is 19.9 Å². The highest BCUT2D eigenvalue weighted by molar-refractivity contribution is 5.17. The number of likely N-dealkylation sites (N-methyl/N-ethyl adjacent to an activating group) is 1. The van der Waals surface area contributed by atoms with E-state index in [9.17, 15) is 0 Å². The molecule has 4 heteroatoms. The first-order chi connectivity index (χ1) is 7.56. The lowest BCUT2D eigenvalue weighted by Crippen LogP contribution is -2.33. The van der Waals surface area contributed by atoms with Gasteiger partial charge in [0.05, 0.1) is 7.11 Å². The smallest absolute Gasteiger partial charge is 0.216 e. The minimum Gasteiger partial charge on any atom is -0.481 e. The molecule has 1 N–H and O–H groups in total. The molecule has 90 valence electrons. The van der Waals surface area contributed by atoms with E-state index in [-0.39, 0.29) is 0 Å². The monoisotopic (exact) mass is 223 g/mol. The van der Waals surface area contributed by atoms with E-state index in [1.165, 1.54) is 0 Å². The lowest BCUT2D eigenvalue weighted by Gasteiger charge is -2.19. The van der Waals surface area contributed by atoms with Crippen LogP contribution in [-0.4, -0.2) is 30.2 Å². The van der Waals surface area contributed by atoms with Crippen LogP contribution in [0.25, 0.3) is 0 Å². The van der Waals surface area contributed by atoms with Gasteiger partial charge in [-0.15, -0.1) is 0 Å². The number of aromatic nitrogens is 2. The summed E-state index contributed by atoms with van der Waals surface area (Å²) in [5, 5.41) is 3.31. The van der Waals surface area contributed by atoms with Crippen molar-refractivity contribution in [1.29, 1.82) is 0 Å². The van der Waals surface area contributed by atoms with Gasteiger partial charge >= 0.3 is 0 Å². The van der Waals surface area contributed by atoms with Crippen LogP contribution in [0.2, 0.25) is 0 Å². The molecule has 0 aliphatic heterocycles. The maximum Gasteiger partial charge on any atom is 0.216 e. The fourth-order valence-electron chi connectivity index (χ4n) is 1.70. The van der Waals surface area contributed by atoms with Crippen molar-refractivity contribution in [2.45, 2.75) is 33.2 Å². The van der Waals surface area contributed by atoms with E-state index in [4.69, 9.17) is 4.74 Å². The van der Waals surface area contributed by atoms with Crippen LogP contribution in [0, 0.1) is 12.8 Å². The van der Waals surface area contributed by atoms with E-state index in [2.05, 4.69) is 29.1 Å². The molecule has 1 aromatic rings. The Balaban J connectivity index is 2.83. The van der Waals surface area contributed by atoms with Crippen molar-refractivity contribution in [2.24, 2.45) is 5.92 Å². The molecule has 1 heterocycles. The third-order valence-electron chi connectivity index (χ3n) is 2.68. The highest BCUT2D eigenvalue weighted by atomic mass is 16.5. The minimum atomic E-state index is 0.430. The van der Waals surface area contributed by atoms with Gasteiger partial charge in [-0.3, -0.25) is 0 Å². The molecule has 1 aromatic heterocycles. The molecule has 0 saturated carbocycles. The van der Waals surface area contributed by atoms with Gasteiger partial charge in [0.25, 0.3) is 0 Å². The van der Waals surface area contributed by atoms with Crippen LogP contribution < -0.4 is 10.1 Å². The first kappa shape index (κ1) is 12.9. The van der Waals surface area contributed by atoms with Crippen molar-refractivity contribution < 1.29 is 4.74 Å². The van der Waals surface area contributed by atoms with Crippen LogP contribution >= 0.6 is 0 Å². The lowest BCUT2D eigenvalue weighted by molar-refractivity contribution is 0.390. The van der Waals surface area contributed by atoms with Crippen molar-refractivity contribution in [3.05, 3.63) is 17.6 Å². The van der Waals surface area contributed by atoms with E-state index in [0.717, 1.165) is 17.9 Å². The molecule has 0 amide bonds. The summed E-state index contributed by atoms with van der Waals surface area (Å²) in [6.07, 6.45) is 0.897. The number of hydrogen-bond acceptors (Lipinski definition) is 4. The van der Waals surface area contributed by atoms with Gasteiger partial charge in [-0.25, -0.2) is 4.98 Å². The Labute approximate surface area is 97.5 Å². The number of rotatable bonds is 5. The zero-order valence-corrected chi connectivity index (χ0v) is 10.7. The summed E-state index contributed by atoms with van der Waals surface area (Å²) >= 11 is 0. The van der Waals surface area contributed by atoms with Crippen LogP contribution in [0.15, 0.2) is 6.07 Å². The number of nitrogens with one attached hydrogen (secondary N) is 1. The number of ether oxygens (including phenoxy) is 1. The zero-order chi connectivity index (χ0) is 12.1. The second-order valence-corrected chi connectivity index (χ2v) is 4.29. The molecule has 0 bridgehead atoms. The van der Waals surface area contributed by atoms with Crippen molar-refractivity contribution >= 4 is 0 Å². The Morgan fingerprint density at radius 1 is 1.38 bits per heavy atom. The van der Waals surface area contributed by atoms with Gasteiger partial charge in [-0.1, -0.05) is 13.8 Å². The van der Waals surface area contributed by atoms with Gasteiger partial charge in [0.1, 0.15) is 5.82 Å². The second kappa shape index (κ2) is 5.80. The Bertz CT molecular complexity index is 339. The first-order valence-electron chi connectivity index (χ1n) is 5.62. The Morgan fingerprint density at radius 3 is 2.56 bits per heavy atom. The van der Waals surface area contributed by atoms with Crippen LogP contribution in [0.4, 0.5) is 0 Å². The molecule has 0 spiro atoms. The summed E-state index contributed by atoms with van der Waals surface area (Å²) in [7, 11) is 3.61. The molecule has 16 heavy (non-hydrogen) atoms. The van der Waals surface area contributed by atoms with Crippen LogP contribution in [0.3, 0.4) is 0 Å². The molecule has 1 rings (SSSR count). The molecule has 0 saturated heterocycles. The molecule has 0 aliphatic carbocycles. The standard InChI is InChI=1S/C12H21N3O/c1-8(2)11(13-4)6-10-7-12(16-5)15-9(3)14-10/h7-8,11,13H,6H2,1-5H3. The van der Waals surface area contributed by atoms with Crippen LogP contribution in [0.1, 0.15) is 25.4 Å². The molecular formula is C12H21N3O. The Hall–Kier alpha value is -1.16. The van der Waals surface area contributed by atoms with Gasteiger partial charge < -0.3 is 10.1 Å². The van der Waals surface area contributed by atoms with E-state index in [1.807, 2.05) is 20.0 Å². The molecular weight excluding hydrogens is 202 g/mol. The van der Waals surface area contributed by atoms with E-state index >= 15 is 0 Å². The van der Waals surface area contributed by atoms with Crippen molar-refractivity contribution in [2.75, 3.05) is 14.2 Å². The summed E-state index contributed by atoms with van der Waals surface area (Å²) < 4.78 is 5.14. The highest BCUT2D eigenvalue weighted by Gasteiger charge is 2.13. The number of methoxy groups -OCH3 is 1. The van der Waals surface area contributed by atoms with Gasteiger partial charge in [-0.2, -0.15) is 4.98 Å². The lowest BCUT2D eigenvalue weighted by atomic mass is 9.99. The maximum absolute atomic E-state index is 5.14. The number of aryl methyl sites for hydroxylation is 1. The molecule has 4 nitrogen and oxygen atoms in total. The molecule has 1 atom stereocenters. The first-order valence-corrected chi connectivity index (χ1v) is 5.62. The summed E-state index contributed by atoms with van der Waals surface area (Å²) in [5.74, 6) is 1.97. The van der Waals surface area contributed by atoms with E-state index in [0.29, 0.717) is 17.8 Å². The van der Waals surface area contributed by atoms with E-state index in [1.54, 1.807) is 7.11 Å². The van der Waals surface area contributed by atoms with E-state index < -0.39 is 0 Å². The molecule has 0 fully saturated rings. The van der Waals surface area contributed by atoms with Crippen LogP contribution in [0.5, 0.6) is 5.88 Å². The van der Waals surface area contributed by atoms with Crippen molar-refractivity contribution in [3.63, 3.8) is 0 Å².